The third-order valence-electron chi connectivity index (χ3n) is 6.24. The van der Waals surface area contributed by atoms with Crippen LogP contribution in [-0.4, -0.2) is 42.1 Å². The van der Waals surface area contributed by atoms with E-state index < -0.39 is 35.5 Å². The van der Waals surface area contributed by atoms with Gasteiger partial charge in [0.05, 0.1) is 19.1 Å². The first-order valence-electron chi connectivity index (χ1n) is 11.7. The monoisotopic (exact) mass is 528 g/mol. The van der Waals surface area contributed by atoms with Crippen molar-refractivity contribution in [2.24, 2.45) is 0 Å². The number of amides is 2. The average Bonchev–Trinajstić information content (AvgIpc) is 2.86. The Kier molecular flexibility index (Phi) is 8.94. The third-order valence-corrected chi connectivity index (χ3v) is 6.49. The number of fused-ring (bicyclic) bond motifs is 1. The second-order valence-corrected chi connectivity index (χ2v) is 9.13. The minimum Gasteiger partial charge on any atom is -0.496 e. The molecule has 3 aromatic rings. The van der Waals surface area contributed by atoms with Gasteiger partial charge in [0.1, 0.15) is 23.4 Å². The summed E-state index contributed by atoms with van der Waals surface area (Å²) in [6, 6.07) is 7.96. The molecule has 0 saturated carbocycles. The molecule has 2 atom stereocenters. The summed E-state index contributed by atoms with van der Waals surface area (Å²) in [5.74, 6) is -1.83. The highest BCUT2D eigenvalue weighted by molar-refractivity contribution is 6.30. The Morgan fingerprint density at radius 2 is 1.70 bits per heavy atom. The Morgan fingerprint density at radius 1 is 1.03 bits per heavy atom. The summed E-state index contributed by atoms with van der Waals surface area (Å²) < 4.78 is 10.8. The molecular formula is C27H29ClN2O7. The number of nitrogens with one attached hydrogen (secondary N) is 2. The first-order chi connectivity index (χ1) is 17.5. The number of hydrogen-bond acceptors (Lipinski definition) is 6. The number of carbonyl (C=O) groups is 3. The topological polar surface area (TPSA) is 135 Å². The highest BCUT2D eigenvalue weighted by Gasteiger charge is 2.26. The van der Waals surface area contributed by atoms with Crippen LogP contribution in [0.25, 0.3) is 11.0 Å². The van der Waals surface area contributed by atoms with Gasteiger partial charge in [0.15, 0.2) is 0 Å². The smallest absolute Gasteiger partial charge is 0.340 e. The molecule has 0 aliphatic heterocycles. The summed E-state index contributed by atoms with van der Waals surface area (Å²) in [6.45, 7) is 5.19. The lowest BCUT2D eigenvalue weighted by atomic mass is 10.0. The van der Waals surface area contributed by atoms with E-state index in [1.165, 1.54) is 7.11 Å². The molecule has 0 radical (unpaired) electrons. The van der Waals surface area contributed by atoms with Crippen molar-refractivity contribution in [3.8, 4) is 5.75 Å². The SMILES string of the molecule is CC[C@@H](NC(=O)Cc1c(C)c2ccc(OC)c(C)c2oc1=O)C(=O)N[C@@H](Cc1ccc(Cl)cc1)C(=O)O. The van der Waals surface area contributed by atoms with Crippen molar-refractivity contribution in [3.63, 3.8) is 0 Å². The molecule has 0 bridgehead atoms. The Morgan fingerprint density at radius 3 is 2.30 bits per heavy atom. The van der Waals surface area contributed by atoms with E-state index in [2.05, 4.69) is 10.6 Å². The number of aryl methyl sites for hydroxylation is 2. The standard InChI is InChI=1S/C27H29ClN2O7/c1-5-20(25(32)30-21(26(33)34)12-16-6-8-17(28)9-7-16)29-23(31)13-19-14(2)18-10-11-22(36-4)15(3)24(18)37-27(19)35/h6-11,20-21H,5,12-13H2,1-4H3,(H,29,31)(H,30,32)(H,33,34)/t20-,21+/m1/s1. The van der Waals surface area contributed by atoms with E-state index in [4.69, 9.17) is 20.8 Å². The lowest BCUT2D eigenvalue weighted by Crippen LogP contribution is -2.52. The van der Waals surface area contributed by atoms with Crippen LogP contribution < -0.4 is 21.0 Å². The van der Waals surface area contributed by atoms with Gasteiger partial charge >= 0.3 is 11.6 Å². The van der Waals surface area contributed by atoms with E-state index in [0.717, 1.165) is 0 Å². The van der Waals surface area contributed by atoms with Crippen LogP contribution >= 0.6 is 11.6 Å². The van der Waals surface area contributed by atoms with Crippen LogP contribution in [0.5, 0.6) is 5.75 Å². The van der Waals surface area contributed by atoms with E-state index in [-0.39, 0.29) is 24.8 Å². The Labute approximate surface area is 218 Å². The van der Waals surface area contributed by atoms with E-state index in [0.29, 0.717) is 38.4 Å². The Bertz CT molecular complexity index is 1380. The molecule has 0 aliphatic carbocycles. The molecule has 3 N–H and O–H groups in total. The lowest BCUT2D eigenvalue weighted by molar-refractivity contribution is -0.142. The van der Waals surface area contributed by atoms with Crippen LogP contribution in [0.1, 0.15) is 35.6 Å². The highest BCUT2D eigenvalue weighted by atomic mass is 35.5. The van der Waals surface area contributed by atoms with E-state index in [9.17, 15) is 24.3 Å². The second-order valence-electron chi connectivity index (χ2n) is 8.70. The van der Waals surface area contributed by atoms with E-state index in [1.807, 2.05) is 0 Å². The maximum Gasteiger partial charge on any atom is 0.340 e. The number of rotatable bonds is 10. The number of carboxylic acids is 1. The predicted molar refractivity (Wildman–Crippen MR) is 139 cm³/mol. The molecule has 1 aromatic heterocycles. The van der Waals surface area contributed by atoms with Gasteiger partial charge in [-0.25, -0.2) is 9.59 Å². The molecule has 0 fully saturated rings. The van der Waals surface area contributed by atoms with Gasteiger partial charge < -0.3 is 24.9 Å². The normalized spacial score (nSPS) is 12.6. The number of aliphatic carboxylic acids is 1. The van der Waals surface area contributed by atoms with Crippen molar-refractivity contribution in [1.82, 2.24) is 10.6 Å². The Hall–Kier alpha value is -3.85. The molecule has 3 rings (SSSR count). The zero-order valence-corrected chi connectivity index (χ0v) is 21.8. The molecule has 10 heteroatoms. The molecule has 37 heavy (non-hydrogen) atoms. The van der Waals surface area contributed by atoms with Crippen LogP contribution in [0.2, 0.25) is 5.02 Å². The molecule has 0 aliphatic rings. The van der Waals surface area contributed by atoms with Gasteiger partial charge in [-0.2, -0.15) is 0 Å². The van der Waals surface area contributed by atoms with Crippen molar-refractivity contribution in [3.05, 3.63) is 74.1 Å². The summed E-state index contributed by atoms with van der Waals surface area (Å²) in [4.78, 5) is 50.1. The van der Waals surface area contributed by atoms with Crippen molar-refractivity contribution >= 4 is 40.4 Å². The minimum atomic E-state index is -1.21. The van der Waals surface area contributed by atoms with Crippen molar-refractivity contribution in [2.75, 3.05) is 7.11 Å². The molecule has 2 amide bonds. The highest BCUT2D eigenvalue weighted by Crippen LogP contribution is 2.29. The number of carboxylic acid groups (broad SMARTS) is 1. The van der Waals surface area contributed by atoms with Gasteiger partial charge in [-0.05, 0) is 55.7 Å². The number of halogens is 1. The van der Waals surface area contributed by atoms with E-state index in [1.54, 1.807) is 57.2 Å². The molecule has 9 nitrogen and oxygen atoms in total. The van der Waals surface area contributed by atoms with Crippen molar-refractivity contribution in [2.45, 2.75) is 52.1 Å². The number of ether oxygens (including phenoxy) is 1. The lowest BCUT2D eigenvalue weighted by Gasteiger charge is -2.21. The van der Waals surface area contributed by atoms with Gasteiger partial charge in [0, 0.05) is 22.4 Å². The minimum absolute atomic E-state index is 0.0458. The third kappa shape index (κ3) is 6.48. The first kappa shape index (κ1) is 27.7. The fraction of sp³-hybridized carbons (Fsp3) is 0.333. The molecule has 0 spiro atoms. The zero-order chi connectivity index (χ0) is 27.3. The average molecular weight is 529 g/mol. The van der Waals surface area contributed by atoms with Gasteiger partial charge in [0.25, 0.3) is 0 Å². The van der Waals surface area contributed by atoms with Gasteiger partial charge in [-0.1, -0.05) is 30.7 Å². The summed E-state index contributed by atoms with van der Waals surface area (Å²) in [5.41, 5.74) is 1.86. The zero-order valence-electron chi connectivity index (χ0n) is 21.0. The largest absolute Gasteiger partial charge is 0.496 e. The molecule has 196 valence electrons. The van der Waals surface area contributed by atoms with Crippen LogP contribution in [0, 0.1) is 13.8 Å². The maximum atomic E-state index is 12.8. The van der Waals surface area contributed by atoms with Gasteiger partial charge in [0.2, 0.25) is 11.8 Å². The summed E-state index contributed by atoms with van der Waals surface area (Å²) in [7, 11) is 1.52. The number of benzene rings is 2. The maximum absolute atomic E-state index is 12.8. The van der Waals surface area contributed by atoms with Crippen molar-refractivity contribution in [1.29, 1.82) is 0 Å². The fourth-order valence-corrected chi connectivity index (χ4v) is 4.21. The number of hydrogen-bond donors (Lipinski definition) is 3. The first-order valence-corrected chi connectivity index (χ1v) is 12.1. The van der Waals surface area contributed by atoms with Crippen molar-refractivity contribution < 1.29 is 28.6 Å². The molecule has 0 saturated heterocycles. The van der Waals surface area contributed by atoms with E-state index >= 15 is 0 Å². The number of carbonyl (C=O) groups excluding carboxylic acids is 2. The van der Waals surface area contributed by atoms with Crippen LogP contribution in [0.4, 0.5) is 0 Å². The predicted octanol–water partition coefficient (Wildman–Crippen LogP) is 3.32. The molecular weight excluding hydrogens is 500 g/mol. The quantitative estimate of drug-likeness (QED) is 0.343. The molecule has 2 aromatic carbocycles. The van der Waals surface area contributed by atoms with Crippen LogP contribution in [-0.2, 0) is 27.2 Å². The number of methoxy groups -OCH3 is 1. The summed E-state index contributed by atoms with van der Waals surface area (Å²) in [5, 5.41) is 15.9. The molecule has 0 unspecified atom stereocenters. The fourth-order valence-electron chi connectivity index (χ4n) is 4.08. The Balaban J connectivity index is 1.73. The molecule has 1 heterocycles. The van der Waals surface area contributed by atoms with Crippen LogP contribution in [0.3, 0.4) is 0 Å². The van der Waals surface area contributed by atoms with Crippen LogP contribution in [0.15, 0.2) is 45.6 Å². The van der Waals surface area contributed by atoms with Gasteiger partial charge in [-0.15, -0.1) is 0 Å². The van der Waals surface area contributed by atoms with Gasteiger partial charge in [-0.3, -0.25) is 9.59 Å². The summed E-state index contributed by atoms with van der Waals surface area (Å²) in [6.07, 6.45) is -0.0363. The summed E-state index contributed by atoms with van der Waals surface area (Å²) >= 11 is 5.87. The second kappa shape index (κ2) is 11.9.